The van der Waals surface area contributed by atoms with Crippen LogP contribution >= 0.6 is 0 Å². The molecular weight excluding hydrogens is 232 g/mol. The first-order valence-electron chi connectivity index (χ1n) is 5.96. The number of nitrogens with zero attached hydrogens (tertiary/aromatic N) is 2. The molecule has 0 radical (unpaired) electrons. The van der Waals surface area contributed by atoms with E-state index < -0.39 is 5.41 Å². The van der Waals surface area contributed by atoms with Gasteiger partial charge in [0.1, 0.15) is 0 Å². The average Bonchev–Trinajstić information content (AvgIpc) is 2.71. The minimum Gasteiger partial charge on any atom is -0.383 e. The standard InChI is InChI=1S/C12H22N4O2/c1-12(2,11(13)17)8-16-9-15-7-10(16)6-14-4-5-18-3/h7,9,14H,4-6,8H2,1-3H3,(H2,13,17). The number of carbonyl (C=O) groups excluding carboxylic acids is 1. The Balaban J connectivity index is 2.57. The molecule has 0 unspecified atom stereocenters. The second-order valence-electron chi connectivity index (χ2n) is 4.93. The molecule has 1 heterocycles. The number of aromatic nitrogens is 2. The Hall–Kier alpha value is -1.40. The first-order valence-corrected chi connectivity index (χ1v) is 5.96. The molecule has 0 aliphatic rings. The minimum atomic E-state index is -0.581. The van der Waals surface area contributed by atoms with Crippen molar-refractivity contribution in [2.45, 2.75) is 26.9 Å². The van der Waals surface area contributed by atoms with Gasteiger partial charge in [0.25, 0.3) is 0 Å². The van der Waals surface area contributed by atoms with E-state index in [9.17, 15) is 4.79 Å². The normalized spacial score (nSPS) is 11.7. The van der Waals surface area contributed by atoms with Gasteiger partial charge in [0.2, 0.25) is 5.91 Å². The van der Waals surface area contributed by atoms with Crippen LogP contribution in [0.15, 0.2) is 12.5 Å². The molecule has 0 aliphatic heterocycles. The number of hydrogen-bond donors (Lipinski definition) is 2. The molecule has 0 spiro atoms. The highest BCUT2D eigenvalue weighted by Crippen LogP contribution is 2.18. The number of rotatable bonds is 8. The fourth-order valence-corrected chi connectivity index (χ4v) is 1.53. The molecule has 6 heteroatoms. The summed E-state index contributed by atoms with van der Waals surface area (Å²) < 4.78 is 6.91. The average molecular weight is 254 g/mol. The van der Waals surface area contributed by atoms with Crippen LogP contribution in [0.4, 0.5) is 0 Å². The molecule has 1 aromatic rings. The quantitative estimate of drug-likeness (QED) is 0.646. The number of imidazole rings is 1. The fraction of sp³-hybridized carbons (Fsp3) is 0.667. The van der Waals surface area contributed by atoms with Gasteiger partial charge in [0.15, 0.2) is 0 Å². The van der Waals surface area contributed by atoms with E-state index in [4.69, 9.17) is 10.5 Å². The Labute approximate surface area is 108 Å². The third-order valence-electron chi connectivity index (χ3n) is 2.82. The van der Waals surface area contributed by atoms with Crippen LogP contribution < -0.4 is 11.1 Å². The number of amides is 1. The van der Waals surface area contributed by atoms with E-state index in [2.05, 4.69) is 10.3 Å². The van der Waals surface area contributed by atoms with E-state index in [0.29, 0.717) is 19.7 Å². The van der Waals surface area contributed by atoms with E-state index in [0.717, 1.165) is 12.2 Å². The van der Waals surface area contributed by atoms with E-state index in [1.807, 2.05) is 18.4 Å². The highest BCUT2D eigenvalue weighted by molar-refractivity contribution is 5.79. The molecule has 0 saturated carbocycles. The van der Waals surface area contributed by atoms with Crippen molar-refractivity contribution in [2.24, 2.45) is 11.1 Å². The van der Waals surface area contributed by atoms with Gasteiger partial charge in [0.05, 0.1) is 24.0 Å². The Kier molecular flexibility index (Phi) is 5.30. The smallest absolute Gasteiger partial charge is 0.224 e. The van der Waals surface area contributed by atoms with Gasteiger partial charge in [-0.3, -0.25) is 4.79 Å². The maximum Gasteiger partial charge on any atom is 0.224 e. The largest absolute Gasteiger partial charge is 0.383 e. The number of hydrogen-bond acceptors (Lipinski definition) is 4. The SMILES string of the molecule is COCCNCc1cncn1CC(C)(C)C(N)=O. The minimum absolute atomic E-state index is 0.311. The Morgan fingerprint density at radius 3 is 2.94 bits per heavy atom. The van der Waals surface area contributed by atoms with Gasteiger partial charge >= 0.3 is 0 Å². The Morgan fingerprint density at radius 1 is 1.61 bits per heavy atom. The van der Waals surface area contributed by atoms with Gasteiger partial charge < -0.3 is 20.4 Å². The zero-order valence-corrected chi connectivity index (χ0v) is 11.3. The molecule has 0 atom stereocenters. The molecular formula is C12H22N4O2. The van der Waals surface area contributed by atoms with Crippen molar-refractivity contribution in [2.75, 3.05) is 20.3 Å². The number of carbonyl (C=O) groups is 1. The van der Waals surface area contributed by atoms with Crippen LogP contribution in [-0.4, -0.2) is 35.7 Å². The summed E-state index contributed by atoms with van der Waals surface area (Å²) >= 11 is 0. The number of nitrogens with one attached hydrogen (secondary N) is 1. The van der Waals surface area contributed by atoms with Crippen LogP contribution in [0.5, 0.6) is 0 Å². The van der Waals surface area contributed by atoms with Gasteiger partial charge in [-0.2, -0.15) is 0 Å². The third kappa shape index (κ3) is 4.12. The lowest BCUT2D eigenvalue weighted by Gasteiger charge is -2.22. The van der Waals surface area contributed by atoms with Crippen molar-refractivity contribution in [3.8, 4) is 0 Å². The molecule has 1 aromatic heterocycles. The summed E-state index contributed by atoms with van der Waals surface area (Å²) in [5.41, 5.74) is 5.82. The van der Waals surface area contributed by atoms with E-state index in [1.54, 1.807) is 19.6 Å². The van der Waals surface area contributed by atoms with Crippen molar-refractivity contribution >= 4 is 5.91 Å². The lowest BCUT2D eigenvalue weighted by Crippen LogP contribution is -2.36. The Bertz CT molecular complexity index is 387. The summed E-state index contributed by atoms with van der Waals surface area (Å²) in [4.78, 5) is 15.4. The summed E-state index contributed by atoms with van der Waals surface area (Å²) in [7, 11) is 1.67. The fourth-order valence-electron chi connectivity index (χ4n) is 1.53. The Morgan fingerprint density at radius 2 is 2.33 bits per heavy atom. The molecule has 0 bridgehead atoms. The van der Waals surface area contributed by atoms with Crippen LogP contribution in [0.1, 0.15) is 19.5 Å². The molecule has 1 amide bonds. The summed E-state index contributed by atoms with van der Waals surface area (Å²) in [5.74, 6) is -0.311. The summed E-state index contributed by atoms with van der Waals surface area (Å²) in [6.45, 7) is 6.33. The molecule has 3 N–H and O–H groups in total. The molecule has 0 saturated heterocycles. The van der Waals surface area contributed by atoms with E-state index >= 15 is 0 Å². The van der Waals surface area contributed by atoms with Gasteiger partial charge in [-0.15, -0.1) is 0 Å². The van der Waals surface area contributed by atoms with Crippen molar-refractivity contribution in [3.05, 3.63) is 18.2 Å². The van der Waals surface area contributed by atoms with Crippen molar-refractivity contribution in [1.82, 2.24) is 14.9 Å². The van der Waals surface area contributed by atoms with Crippen molar-refractivity contribution < 1.29 is 9.53 Å². The van der Waals surface area contributed by atoms with Gasteiger partial charge in [-0.05, 0) is 13.8 Å². The monoisotopic (exact) mass is 254 g/mol. The van der Waals surface area contributed by atoms with Crippen LogP contribution in [0.3, 0.4) is 0 Å². The molecule has 1 rings (SSSR count). The topological polar surface area (TPSA) is 82.2 Å². The second-order valence-corrected chi connectivity index (χ2v) is 4.93. The first-order chi connectivity index (χ1) is 8.47. The maximum absolute atomic E-state index is 11.3. The molecule has 0 fully saturated rings. The summed E-state index contributed by atoms with van der Waals surface area (Å²) in [5, 5.41) is 3.24. The predicted molar refractivity (Wildman–Crippen MR) is 68.8 cm³/mol. The second kappa shape index (κ2) is 6.51. The van der Waals surface area contributed by atoms with Crippen LogP contribution in [0.25, 0.3) is 0 Å². The lowest BCUT2D eigenvalue weighted by molar-refractivity contribution is -0.126. The van der Waals surface area contributed by atoms with Crippen molar-refractivity contribution in [1.29, 1.82) is 0 Å². The van der Waals surface area contributed by atoms with Crippen LogP contribution in [-0.2, 0) is 22.6 Å². The van der Waals surface area contributed by atoms with Gasteiger partial charge in [-0.1, -0.05) is 0 Å². The first kappa shape index (κ1) is 14.7. The molecule has 18 heavy (non-hydrogen) atoms. The van der Waals surface area contributed by atoms with Gasteiger partial charge in [-0.25, -0.2) is 4.98 Å². The highest BCUT2D eigenvalue weighted by atomic mass is 16.5. The highest BCUT2D eigenvalue weighted by Gasteiger charge is 2.26. The van der Waals surface area contributed by atoms with Crippen LogP contribution in [0.2, 0.25) is 0 Å². The number of methoxy groups -OCH3 is 1. The number of primary amides is 1. The molecule has 0 aromatic carbocycles. The maximum atomic E-state index is 11.3. The van der Waals surface area contributed by atoms with Crippen LogP contribution in [0, 0.1) is 5.41 Å². The zero-order chi connectivity index (χ0) is 13.6. The third-order valence-corrected chi connectivity index (χ3v) is 2.82. The zero-order valence-electron chi connectivity index (χ0n) is 11.3. The van der Waals surface area contributed by atoms with Crippen molar-refractivity contribution in [3.63, 3.8) is 0 Å². The summed E-state index contributed by atoms with van der Waals surface area (Å²) in [6, 6.07) is 0. The number of nitrogens with two attached hydrogens (primary N) is 1. The predicted octanol–water partition coefficient (Wildman–Crippen LogP) is 0.131. The molecule has 102 valence electrons. The van der Waals surface area contributed by atoms with Gasteiger partial charge in [0, 0.05) is 32.9 Å². The molecule has 6 nitrogen and oxygen atoms in total. The summed E-state index contributed by atoms with van der Waals surface area (Å²) in [6.07, 6.45) is 3.51. The lowest BCUT2D eigenvalue weighted by atomic mass is 9.92. The van der Waals surface area contributed by atoms with E-state index in [-0.39, 0.29) is 5.91 Å². The number of ether oxygens (including phenoxy) is 1. The molecule has 0 aliphatic carbocycles. The van der Waals surface area contributed by atoms with E-state index in [1.165, 1.54) is 0 Å².